The van der Waals surface area contributed by atoms with E-state index in [-0.39, 0.29) is 5.70 Å². The molecule has 0 atom stereocenters. The van der Waals surface area contributed by atoms with Crippen LogP contribution in [-0.2, 0) is 9.59 Å². The molecule has 1 aliphatic rings. The molecule has 1 heterocycles. The molecule has 24 heavy (non-hydrogen) atoms. The number of rotatable bonds is 6. The van der Waals surface area contributed by atoms with Crippen molar-refractivity contribution in [1.82, 2.24) is 10.2 Å². The normalized spacial score (nSPS) is 15.5. The fourth-order valence-corrected chi connectivity index (χ4v) is 2.20. The minimum atomic E-state index is -1.28. The average molecular weight is 336 g/mol. The molecule has 1 aliphatic heterocycles. The third-order valence-electron chi connectivity index (χ3n) is 3.25. The molecular formula is C15H16N2O7. The third-order valence-corrected chi connectivity index (χ3v) is 3.25. The summed E-state index contributed by atoms with van der Waals surface area (Å²) in [6, 6.07) is 2.39. The summed E-state index contributed by atoms with van der Waals surface area (Å²) >= 11 is 0. The van der Waals surface area contributed by atoms with E-state index in [0.717, 1.165) is 0 Å². The van der Waals surface area contributed by atoms with Crippen molar-refractivity contribution in [3.8, 4) is 17.2 Å². The summed E-state index contributed by atoms with van der Waals surface area (Å²) in [4.78, 5) is 35.1. The summed E-state index contributed by atoms with van der Waals surface area (Å²) in [5.41, 5.74) is 0.459. The molecule has 128 valence electrons. The van der Waals surface area contributed by atoms with E-state index in [2.05, 4.69) is 5.32 Å². The van der Waals surface area contributed by atoms with Crippen LogP contribution in [0.4, 0.5) is 4.79 Å². The first kappa shape index (κ1) is 17.1. The lowest BCUT2D eigenvalue weighted by molar-refractivity contribution is -0.140. The highest BCUT2D eigenvalue weighted by atomic mass is 16.5. The number of methoxy groups -OCH3 is 3. The number of carboxylic acids is 1. The van der Waals surface area contributed by atoms with Gasteiger partial charge in [-0.15, -0.1) is 0 Å². The highest BCUT2D eigenvalue weighted by Crippen LogP contribution is 2.38. The van der Waals surface area contributed by atoms with Gasteiger partial charge in [0.1, 0.15) is 12.2 Å². The van der Waals surface area contributed by atoms with Crippen molar-refractivity contribution < 1.29 is 33.7 Å². The van der Waals surface area contributed by atoms with Gasteiger partial charge in [0.15, 0.2) is 11.5 Å². The van der Waals surface area contributed by atoms with Crippen molar-refractivity contribution in [1.29, 1.82) is 0 Å². The lowest BCUT2D eigenvalue weighted by Crippen LogP contribution is -2.35. The first-order valence-corrected chi connectivity index (χ1v) is 6.77. The molecule has 0 radical (unpaired) electrons. The van der Waals surface area contributed by atoms with Crippen LogP contribution in [0.3, 0.4) is 0 Å². The van der Waals surface area contributed by atoms with Gasteiger partial charge in [0.2, 0.25) is 5.75 Å². The summed E-state index contributed by atoms with van der Waals surface area (Å²) in [5, 5.41) is 11.1. The molecule has 3 amide bonds. The van der Waals surface area contributed by atoms with Gasteiger partial charge in [-0.3, -0.25) is 9.59 Å². The topological polar surface area (TPSA) is 114 Å². The number of nitrogens with zero attached hydrogens (tertiary/aromatic N) is 1. The van der Waals surface area contributed by atoms with Crippen LogP contribution in [0.1, 0.15) is 5.56 Å². The predicted octanol–water partition coefficient (Wildman–Crippen LogP) is 0.690. The Hall–Kier alpha value is -3.23. The number of aliphatic carboxylic acids is 1. The molecule has 9 nitrogen and oxygen atoms in total. The maximum absolute atomic E-state index is 12.1. The Morgan fingerprint density at radius 3 is 2.21 bits per heavy atom. The number of carbonyl (C=O) groups is 3. The van der Waals surface area contributed by atoms with Gasteiger partial charge in [0.05, 0.1) is 21.3 Å². The SMILES string of the molecule is COc1cc(C=C2NC(=O)N(CC(=O)O)C2=O)cc(OC)c1OC. The highest BCUT2D eigenvalue weighted by Gasteiger charge is 2.34. The van der Waals surface area contributed by atoms with Crippen LogP contribution in [0, 0.1) is 0 Å². The second kappa shape index (κ2) is 6.90. The van der Waals surface area contributed by atoms with Crippen LogP contribution >= 0.6 is 0 Å². The van der Waals surface area contributed by atoms with Crippen molar-refractivity contribution in [2.45, 2.75) is 0 Å². The first-order valence-electron chi connectivity index (χ1n) is 6.77. The molecule has 0 spiro atoms. The smallest absolute Gasteiger partial charge is 0.329 e. The van der Waals surface area contributed by atoms with E-state index in [1.165, 1.54) is 27.4 Å². The van der Waals surface area contributed by atoms with Gasteiger partial charge in [-0.05, 0) is 23.8 Å². The Morgan fingerprint density at radius 1 is 1.17 bits per heavy atom. The van der Waals surface area contributed by atoms with Crippen LogP contribution in [0.5, 0.6) is 17.2 Å². The number of nitrogens with one attached hydrogen (secondary N) is 1. The van der Waals surface area contributed by atoms with Gasteiger partial charge >= 0.3 is 12.0 Å². The Kier molecular flexibility index (Phi) is 4.93. The van der Waals surface area contributed by atoms with Crippen molar-refractivity contribution in [2.75, 3.05) is 27.9 Å². The number of carboxylic acid groups (broad SMARTS) is 1. The maximum atomic E-state index is 12.1. The van der Waals surface area contributed by atoms with Gasteiger partial charge < -0.3 is 24.6 Å². The summed E-state index contributed by atoms with van der Waals surface area (Å²) in [6.07, 6.45) is 1.40. The molecule has 0 saturated carbocycles. The standard InChI is InChI=1S/C15H16N2O7/c1-22-10-5-8(6-11(23-2)13(10)24-3)4-9-14(20)17(7-12(18)19)15(21)16-9/h4-6H,7H2,1-3H3,(H,16,21)(H,18,19). The molecule has 1 fully saturated rings. The lowest BCUT2D eigenvalue weighted by atomic mass is 10.1. The van der Waals surface area contributed by atoms with Crippen molar-refractivity contribution in [3.05, 3.63) is 23.4 Å². The maximum Gasteiger partial charge on any atom is 0.329 e. The Labute approximate surface area is 137 Å². The molecule has 0 bridgehead atoms. The molecule has 2 rings (SSSR count). The number of amides is 3. The summed E-state index contributed by atoms with van der Waals surface area (Å²) in [6.45, 7) is -0.711. The fourth-order valence-electron chi connectivity index (χ4n) is 2.20. The van der Waals surface area contributed by atoms with Crippen molar-refractivity contribution in [2.24, 2.45) is 0 Å². The van der Waals surface area contributed by atoms with Crippen LogP contribution < -0.4 is 19.5 Å². The van der Waals surface area contributed by atoms with Crippen LogP contribution in [0.25, 0.3) is 6.08 Å². The number of benzene rings is 1. The number of hydrogen-bond donors (Lipinski definition) is 2. The van der Waals surface area contributed by atoms with Crippen LogP contribution in [0.15, 0.2) is 17.8 Å². The van der Waals surface area contributed by atoms with Crippen molar-refractivity contribution in [3.63, 3.8) is 0 Å². The summed E-state index contributed by atoms with van der Waals surface area (Å²) in [5.74, 6) is -0.870. The van der Waals surface area contributed by atoms with Crippen LogP contribution in [-0.4, -0.2) is 55.8 Å². The molecule has 1 saturated heterocycles. The van der Waals surface area contributed by atoms with Crippen molar-refractivity contribution >= 4 is 24.0 Å². The molecule has 1 aromatic carbocycles. The second-order valence-electron chi connectivity index (χ2n) is 4.73. The van der Waals surface area contributed by atoms with E-state index in [1.807, 2.05) is 0 Å². The van der Waals surface area contributed by atoms with E-state index < -0.39 is 24.5 Å². The number of ether oxygens (including phenoxy) is 3. The predicted molar refractivity (Wildman–Crippen MR) is 82.0 cm³/mol. The zero-order valence-corrected chi connectivity index (χ0v) is 13.3. The van der Waals surface area contributed by atoms with Gasteiger partial charge in [-0.1, -0.05) is 0 Å². The minimum Gasteiger partial charge on any atom is -0.493 e. The number of imide groups is 1. The summed E-state index contributed by atoms with van der Waals surface area (Å²) < 4.78 is 15.6. The van der Waals surface area contributed by atoms with E-state index in [9.17, 15) is 14.4 Å². The third kappa shape index (κ3) is 3.24. The second-order valence-corrected chi connectivity index (χ2v) is 4.73. The van der Waals surface area contributed by atoms with E-state index in [0.29, 0.717) is 27.7 Å². The zero-order chi connectivity index (χ0) is 17.9. The molecule has 0 aromatic heterocycles. The monoisotopic (exact) mass is 336 g/mol. The number of carbonyl (C=O) groups excluding carboxylic acids is 2. The van der Waals surface area contributed by atoms with Gasteiger partial charge in [0, 0.05) is 0 Å². The number of hydrogen-bond acceptors (Lipinski definition) is 6. The molecule has 0 unspecified atom stereocenters. The molecule has 2 N–H and O–H groups in total. The lowest BCUT2D eigenvalue weighted by Gasteiger charge is -2.13. The Morgan fingerprint density at radius 2 is 1.75 bits per heavy atom. The summed E-state index contributed by atoms with van der Waals surface area (Å²) in [7, 11) is 4.36. The van der Waals surface area contributed by atoms with Gasteiger partial charge in [-0.25, -0.2) is 9.69 Å². The quantitative estimate of drug-likeness (QED) is 0.580. The van der Waals surface area contributed by atoms with E-state index in [1.54, 1.807) is 12.1 Å². The molecule has 1 aromatic rings. The Bertz CT molecular complexity index is 702. The van der Waals surface area contributed by atoms with Gasteiger partial charge in [-0.2, -0.15) is 0 Å². The average Bonchev–Trinajstić information content (AvgIpc) is 2.80. The molecule has 0 aliphatic carbocycles. The van der Waals surface area contributed by atoms with Gasteiger partial charge in [0.25, 0.3) is 5.91 Å². The Balaban J connectivity index is 2.39. The minimum absolute atomic E-state index is 0.0458. The first-order chi connectivity index (χ1) is 11.4. The largest absolute Gasteiger partial charge is 0.493 e. The zero-order valence-electron chi connectivity index (χ0n) is 13.3. The number of urea groups is 1. The molecular weight excluding hydrogens is 320 g/mol. The van der Waals surface area contributed by atoms with Crippen LogP contribution in [0.2, 0.25) is 0 Å². The highest BCUT2D eigenvalue weighted by molar-refractivity contribution is 6.15. The fraction of sp³-hybridized carbons (Fsp3) is 0.267. The molecule has 9 heteroatoms. The van der Waals surface area contributed by atoms with E-state index in [4.69, 9.17) is 19.3 Å². The van der Waals surface area contributed by atoms with E-state index >= 15 is 0 Å².